The van der Waals surface area contributed by atoms with E-state index in [1.54, 1.807) is 0 Å². The number of benzene rings is 9. The Kier molecular flexibility index (Phi) is 6.59. The zero-order valence-electron chi connectivity index (χ0n) is 28.2. The van der Waals surface area contributed by atoms with E-state index < -0.39 is 0 Å². The minimum absolute atomic E-state index is 0.873. The molecule has 0 spiro atoms. The topological polar surface area (TPSA) is 16.4 Å². The lowest BCUT2D eigenvalue weighted by molar-refractivity contribution is 0.669. The maximum Gasteiger partial charge on any atom is 0.137 e. The van der Waals surface area contributed by atoms with Crippen molar-refractivity contribution in [2.45, 2.75) is 6.92 Å². The molecule has 0 atom stereocenters. The predicted molar refractivity (Wildman–Crippen MR) is 217 cm³/mol. The van der Waals surface area contributed by atoms with E-state index in [-0.39, 0.29) is 0 Å². The van der Waals surface area contributed by atoms with Gasteiger partial charge in [-0.25, -0.2) is 0 Å². The lowest BCUT2D eigenvalue weighted by atomic mass is 9.87. The molecule has 1 heterocycles. The van der Waals surface area contributed by atoms with Crippen molar-refractivity contribution in [3.8, 4) is 22.3 Å². The number of hydrogen-bond donors (Lipinski definition) is 0. The number of nitrogens with zero attached hydrogens (tertiary/aromatic N) is 1. The maximum atomic E-state index is 6.37. The average Bonchev–Trinajstić information content (AvgIpc) is 3.56. The third-order valence-electron chi connectivity index (χ3n) is 10.5. The normalized spacial score (nSPS) is 11.7. The molecule has 0 unspecified atom stereocenters. The molecule has 0 fully saturated rings. The largest absolute Gasteiger partial charge is 0.456 e. The van der Waals surface area contributed by atoms with Crippen molar-refractivity contribution in [3.63, 3.8) is 0 Å². The number of fused-ring (bicyclic) bond motifs is 5. The molecule has 240 valence electrons. The molecule has 51 heavy (non-hydrogen) atoms. The summed E-state index contributed by atoms with van der Waals surface area (Å²) in [5.74, 6) is 0. The Labute approximate surface area is 296 Å². The van der Waals surface area contributed by atoms with Crippen molar-refractivity contribution in [2.75, 3.05) is 4.90 Å². The highest BCUT2D eigenvalue weighted by atomic mass is 16.3. The van der Waals surface area contributed by atoms with Crippen LogP contribution < -0.4 is 10.1 Å². The molecule has 0 saturated heterocycles. The summed E-state index contributed by atoms with van der Waals surface area (Å²) in [6, 6.07) is 60.8. The first kappa shape index (κ1) is 29.3. The van der Waals surface area contributed by atoms with Gasteiger partial charge in [0, 0.05) is 33.9 Å². The fourth-order valence-electron chi connectivity index (χ4n) is 8.08. The molecule has 2 heteroatoms. The summed E-state index contributed by atoms with van der Waals surface area (Å²) in [6.07, 6.45) is 0. The van der Waals surface area contributed by atoms with Crippen LogP contribution in [0.1, 0.15) is 5.56 Å². The molecule has 1 aromatic heterocycles. The molecule has 10 rings (SSSR count). The van der Waals surface area contributed by atoms with Gasteiger partial charge in [-0.15, -0.1) is 0 Å². The summed E-state index contributed by atoms with van der Waals surface area (Å²) in [5, 5.41) is 10.8. The van der Waals surface area contributed by atoms with Crippen LogP contribution in [0.5, 0.6) is 0 Å². The second-order valence-electron chi connectivity index (χ2n) is 13.4. The van der Waals surface area contributed by atoms with Gasteiger partial charge in [0.25, 0.3) is 0 Å². The zero-order chi connectivity index (χ0) is 34.1. The summed E-state index contributed by atoms with van der Waals surface area (Å²) in [7, 11) is 0. The number of para-hydroxylation sites is 1. The summed E-state index contributed by atoms with van der Waals surface area (Å²) in [6.45, 7) is 6.90. The molecule has 0 radical (unpaired) electrons. The first-order chi connectivity index (χ1) is 25.1. The van der Waals surface area contributed by atoms with E-state index >= 15 is 0 Å². The van der Waals surface area contributed by atoms with E-state index in [0.717, 1.165) is 44.2 Å². The van der Waals surface area contributed by atoms with E-state index in [9.17, 15) is 0 Å². The van der Waals surface area contributed by atoms with Gasteiger partial charge >= 0.3 is 0 Å². The Morgan fingerprint density at radius 2 is 1.06 bits per heavy atom. The fourth-order valence-corrected chi connectivity index (χ4v) is 8.08. The molecule has 0 N–H and O–H groups in total. The number of anilines is 3. The molecule has 0 aliphatic rings. The van der Waals surface area contributed by atoms with Crippen LogP contribution >= 0.6 is 0 Å². The summed E-state index contributed by atoms with van der Waals surface area (Å²) in [4.78, 5) is 2.33. The summed E-state index contributed by atoms with van der Waals surface area (Å²) >= 11 is 0. The van der Waals surface area contributed by atoms with Crippen LogP contribution in [0.3, 0.4) is 0 Å². The van der Waals surface area contributed by atoms with Gasteiger partial charge in [0.15, 0.2) is 0 Å². The fraction of sp³-hybridized carbons (Fsp3) is 0.0204. The highest BCUT2D eigenvalue weighted by Crippen LogP contribution is 2.42. The van der Waals surface area contributed by atoms with Crippen LogP contribution in [-0.2, 0) is 0 Å². The lowest BCUT2D eigenvalue weighted by Gasteiger charge is -2.27. The van der Waals surface area contributed by atoms with Gasteiger partial charge in [0.2, 0.25) is 0 Å². The quantitative estimate of drug-likeness (QED) is 0.136. The number of hydrogen-bond acceptors (Lipinski definition) is 2. The smallest absolute Gasteiger partial charge is 0.137 e. The third kappa shape index (κ3) is 4.65. The van der Waals surface area contributed by atoms with Gasteiger partial charge in [0.05, 0.1) is 0 Å². The molecule has 0 bridgehead atoms. The lowest BCUT2D eigenvalue weighted by Crippen LogP contribution is -2.10. The van der Waals surface area contributed by atoms with Crippen molar-refractivity contribution in [2.24, 2.45) is 0 Å². The Morgan fingerprint density at radius 3 is 1.88 bits per heavy atom. The van der Waals surface area contributed by atoms with Crippen molar-refractivity contribution in [1.29, 1.82) is 0 Å². The van der Waals surface area contributed by atoms with E-state index in [4.69, 9.17) is 4.42 Å². The highest BCUT2D eigenvalue weighted by Gasteiger charge is 2.19. The van der Waals surface area contributed by atoms with Crippen LogP contribution in [-0.4, -0.2) is 0 Å². The number of aryl methyl sites for hydroxylation is 1. The van der Waals surface area contributed by atoms with Gasteiger partial charge in [-0.2, -0.15) is 0 Å². The Morgan fingerprint density at radius 1 is 0.431 bits per heavy atom. The monoisotopic (exact) mass is 651 g/mol. The van der Waals surface area contributed by atoms with Crippen molar-refractivity contribution < 1.29 is 4.42 Å². The third-order valence-corrected chi connectivity index (χ3v) is 10.5. The number of rotatable bonds is 5. The van der Waals surface area contributed by atoms with E-state index in [1.807, 2.05) is 12.1 Å². The predicted octanol–water partition coefficient (Wildman–Crippen LogP) is 13.3. The molecular weight excluding hydrogens is 619 g/mol. The van der Waals surface area contributed by atoms with Gasteiger partial charge in [-0.1, -0.05) is 128 Å². The van der Waals surface area contributed by atoms with Crippen LogP contribution in [0, 0.1) is 6.92 Å². The first-order valence-electron chi connectivity index (χ1n) is 17.5. The van der Waals surface area contributed by atoms with Gasteiger partial charge in [-0.3, -0.25) is 0 Å². The van der Waals surface area contributed by atoms with Gasteiger partial charge in [0.1, 0.15) is 11.2 Å². The summed E-state index contributed by atoms with van der Waals surface area (Å²) in [5.41, 5.74) is 11.0. The van der Waals surface area contributed by atoms with Crippen LogP contribution in [0.2, 0.25) is 0 Å². The van der Waals surface area contributed by atoms with Crippen LogP contribution in [0.15, 0.2) is 174 Å². The average molecular weight is 652 g/mol. The molecule has 9 aromatic carbocycles. The van der Waals surface area contributed by atoms with E-state index in [2.05, 4.69) is 176 Å². The van der Waals surface area contributed by atoms with Gasteiger partial charge < -0.3 is 9.32 Å². The second-order valence-corrected chi connectivity index (χ2v) is 13.4. The number of furan rings is 1. The summed E-state index contributed by atoms with van der Waals surface area (Å²) < 4.78 is 6.37. The first-order valence-corrected chi connectivity index (χ1v) is 17.5. The van der Waals surface area contributed by atoms with Gasteiger partial charge in [-0.05, 0) is 115 Å². The standard InChI is InChI=1S/C49H33NO/c1-31-29-37(24-27-39(31)45-26-21-35-13-10-17-44-41-15-7-6-14-40(41)32(2)48(45)49(35)44)50(36-22-19-34(20-23-36)33-11-4-3-5-12-33)38-25-28-43-42-16-8-9-18-46(42)51-47(43)30-38/h3-30H,2H2,1H3. The molecular formula is C49H33NO. The minimum Gasteiger partial charge on any atom is -0.456 e. The van der Waals surface area contributed by atoms with Crippen molar-refractivity contribution in [3.05, 3.63) is 181 Å². The molecule has 0 amide bonds. The molecule has 2 nitrogen and oxygen atoms in total. The molecule has 0 saturated carbocycles. The Bertz CT molecular complexity index is 2990. The van der Waals surface area contributed by atoms with E-state index in [0.29, 0.717) is 0 Å². The SMILES string of the molecule is C=c1c2ccccc2c2cccc3ccc(-c4ccc(N(c5ccc(-c6ccccc6)cc5)c5ccc6c(c5)oc5ccccc56)cc4C)c1c32. The Balaban J connectivity index is 1.15. The highest BCUT2D eigenvalue weighted by molar-refractivity contribution is 6.24. The molecule has 10 aromatic rings. The molecule has 0 aliphatic carbocycles. The molecule has 0 aliphatic heterocycles. The minimum atomic E-state index is 0.873. The van der Waals surface area contributed by atoms with Crippen molar-refractivity contribution >= 4 is 77.9 Å². The zero-order valence-corrected chi connectivity index (χ0v) is 28.2. The Hall–Kier alpha value is -6.64. The van der Waals surface area contributed by atoms with E-state index in [1.165, 1.54) is 60.1 Å². The second kappa shape index (κ2) is 11.5. The maximum absolute atomic E-state index is 6.37. The van der Waals surface area contributed by atoms with Crippen LogP contribution in [0.4, 0.5) is 17.1 Å². The van der Waals surface area contributed by atoms with Crippen LogP contribution in [0.25, 0.3) is 83.1 Å². The van der Waals surface area contributed by atoms with Crippen molar-refractivity contribution in [1.82, 2.24) is 0 Å².